The smallest absolute Gasteiger partial charge is 0.296 e. The SMILES string of the molecule is COc1cc(C2C(C(=O)c3cccs3)=C(O)C(=O)N2c2nnc(SCc3ccccc3)s2)ccc1OCCC(C)C. The predicted molar refractivity (Wildman–Crippen MR) is 162 cm³/mol. The molecule has 1 amide bonds. The fourth-order valence-electron chi connectivity index (χ4n) is 4.35. The molecule has 4 aromatic rings. The van der Waals surface area contributed by atoms with Crippen molar-refractivity contribution in [2.75, 3.05) is 18.6 Å². The van der Waals surface area contributed by atoms with Crippen LogP contribution in [0.5, 0.6) is 11.5 Å². The highest BCUT2D eigenvalue weighted by molar-refractivity contribution is 8.00. The third-order valence-corrected chi connectivity index (χ3v) is 9.46. The largest absolute Gasteiger partial charge is 0.503 e. The fourth-order valence-corrected chi connectivity index (χ4v) is 6.85. The standard InChI is InChI=1S/C30H29N3O5S3/c1-18(2)13-14-38-21-12-11-20(16-22(21)37-3)25-24(26(34)23-10-7-15-39-23)27(35)28(36)33(25)29-31-32-30(41-29)40-17-19-8-5-4-6-9-19/h4-12,15-16,18,25,35H,13-14,17H2,1-3H3. The van der Waals surface area contributed by atoms with E-state index in [-0.39, 0.29) is 10.7 Å². The van der Waals surface area contributed by atoms with Gasteiger partial charge < -0.3 is 14.6 Å². The van der Waals surface area contributed by atoms with Crippen molar-refractivity contribution >= 4 is 51.3 Å². The minimum absolute atomic E-state index is 0.0123. The molecule has 0 bridgehead atoms. The number of amides is 1. The molecule has 2 aromatic carbocycles. The monoisotopic (exact) mass is 607 g/mol. The molecule has 5 rings (SSSR count). The molecular weight excluding hydrogens is 579 g/mol. The zero-order valence-corrected chi connectivity index (χ0v) is 25.2. The van der Waals surface area contributed by atoms with Crippen molar-refractivity contribution in [3.05, 3.63) is 93.4 Å². The van der Waals surface area contributed by atoms with Crippen molar-refractivity contribution in [3.8, 4) is 11.5 Å². The average molecular weight is 608 g/mol. The van der Waals surface area contributed by atoms with Crippen LogP contribution in [-0.4, -0.2) is 40.7 Å². The summed E-state index contributed by atoms with van der Waals surface area (Å²) in [4.78, 5) is 28.9. The molecule has 0 spiro atoms. The third kappa shape index (κ3) is 6.32. The molecule has 0 fully saturated rings. The van der Waals surface area contributed by atoms with E-state index in [1.54, 1.807) is 35.7 Å². The lowest BCUT2D eigenvalue weighted by atomic mass is 9.95. The second-order valence-corrected chi connectivity index (χ2v) is 12.8. The molecule has 3 heterocycles. The number of hydrogen-bond donors (Lipinski definition) is 1. The number of aliphatic hydroxyl groups is 1. The molecule has 8 nitrogen and oxygen atoms in total. The van der Waals surface area contributed by atoms with Crippen LogP contribution in [0.25, 0.3) is 0 Å². The van der Waals surface area contributed by atoms with E-state index in [1.165, 1.54) is 46.4 Å². The van der Waals surface area contributed by atoms with Gasteiger partial charge in [-0.25, -0.2) is 0 Å². The molecule has 0 saturated heterocycles. The Hall–Kier alpha value is -3.67. The van der Waals surface area contributed by atoms with Crippen LogP contribution in [-0.2, 0) is 10.5 Å². The maximum absolute atomic E-state index is 13.6. The molecule has 0 radical (unpaired) electrons. The third-order valence-electron chi connectivity index (χ3n) is 6.46. The lowest BCUT2D eigenvalue weighted by molar-refractivity contribution is -0.117. The summed E-state index contributed by atoms with van der Waals surface area (Å²) in [6, 6.07) is 17.8. The van der Waals surface area contributed by atoms with Gasteiger partial charge in [0.15, 0.2) is 21.6 Å². The number of methoxy groups -OCH3 is 1. The molecule has 212 valence electrons. The van der Waals surface area contributed by atoms with E-state index in [9.17, 15) is 14.7 Å². The summed E-state index contributed by atoms with van der Waals surface area (Å²) in [7, 11) is 1.54. The number of carbonyl (C=O) groups is 2. The molecular formula is C30H29N3O5S3. The first-order valence-corrected chi connectivity index (χ1v) is 15.7. The molecule has 1 atom stereocenters. The summed E-state index contributed by atoms with van der Waals surface area (Å²) >= 11 is 3.99. The predicted octanol–water partition coefficient (Wildman–Crippen LogP) is 7.11. The van der Waals surface area contributed by atoms with Crippen LogP contribution < -0.4 is 14.4 Å². The molecule has 2 aromatic heterocycles. The van der Waals surface area contributed by atoms with E-state index in [1.807, 2.05) is 30.3 Å². The van der Waals surface area contributed by atoms with Gasteiger partial charge in [0.25, 0.3) is 5.91 Å². The Labute approximate surface area is 250 Å². The zero-order valence-electron chi connectivity index (χ0n) is 22.8. The number of rotatable bonds is 12. The number of benzene rings is 2. The minimum atomic E-state index is -0.935. The fraction of sp³-hybridized carbons (Fsp3) is 0.267. The number of ether oxygens (including phenoxy) is 2. The summed E-state index contributed by atoms with van der Waals surface area (Å²) < 4.78 is 12.2. The van der Waals surface area contributed by atoms with Crippen LogP contribution >= 0.6 is 34.4 Å². The second kappa shape index (κ2) is 12.9. The molecule has 0 saturated carbocycles. The summed E-state index contributed by atoms with van der Waals surface area (Å²) in [5.41, 5.74) is 1.70. The number of nitrogens with zero attached hydrogens (tertiary/aromatic N) is 3. The number of ketones is 1. The number of thioether (sulfide) groups is 1. The normalized spacial score (nSPS) is 15.2. The zero-order chi connectivity index (χ0) is 28.9. The van der Waals surface area contributed by atoms with E-state index < -0.39 is 23.5 Å². The molecule has 11 heteroatoms. The van der Waals surface area contributed by atoms with Crippen molar-refractivity contribution in [1.82, 2.24) is 10.2 Å². The Morgan fingerprint density at radius 1 is 1.10 bits per heavy atom. The van der Waals surface area contributed by atoms with Gasteiger partial charge in [0, 0.05) is 5.75 Å². The van der Waals surface area contributed by atoms with Gasteiger partial charge in [-0.2, -0.15) is 0 Å². The maximum atomic E-state index is 13.6. The first-order chi connectivity index (χ1) is 19.9. The van der Waals surface area contributed by atoms with Crippen molar-refractivity contribution < 1.29 is 24.2 Å². The highest BCUT2D eigenvalue weighted by Crippen LogP contribution is 2.45. The minimum Gasteiger partial charge on any atom is -0.503 e. The Kier molecular flexibility index (Phi) is 9.06. The van der Waals surface area contributed by atoms with Gasteiger partial charge in [0.1, 0.15) is 0 Å². The summed E-state index contributed by atoms with van der Waals surface area (Å²) in [6.45, 7) is 4.77. The Balaban J connectivity index is 1.50. The number of hydrogen-bond acceptors (Lipinski definition) is 10. The quantitative estimate of drug-likeness (QED) is 0.103. The van der Waals surface area contributed by atoms with Gasteiger partial charge in [-0.3, -0.25) is 14.5 Å². The van der Waals surface area contributed by atoms with Crippen LogP contribution in [0.3, 0.4) is 0 Å². The number of anilines is 1. The van der Waals surface area contributed by atoms with Crippen molar-refractivity contribution in [2.24, 2.45) is 5.92 Å². The number of aliphatic hydroxyl groups excluding tert-OH is 1. The summed E-state index contributed by atoms with van der Waals surface area (Å²) in [5.74, 6) is 0.471. The Morgan fingerprint density at radius 3 is 2.61 bits per heavy atom. The van der Waals surface area contributed by atoms with Crippen molar-refractivity contribution in [2.45, 2.75) is 36.4 Å². The van der Waals surface area contributed by atoms with Crippen LogP contribution in [0.15, 0.2) is 81.7 Å². The molecule has 1 unspecified atom stereocenters. The highest BCUT2D eigenvalue weighted by atomic mass is 32.2. The highest BCUT2D eigenvalue weighted by Gasteiger charge is 2.46. The van der Waals surface area contributed by atoms with Gasteiger partial charge in [-0.15, -0.1) is 21.5 Å². The molecule has 0 aliphatic carbocycles. The van der Waals surface area contributed by atoms with Crippen LogP contribution in [0, 0.1) is 5.92 Å². The van der Waals surface area contributed by atoms with Gasteiger partial charge in [0.05, 0.1) is 30.2 Å². The van der Waals surface area contributed by atoms with Crippen molar-refractivity contribution in [3.63, 3.8) is 0 Å². The van der Waals surface area contributed by atoms with Crippen molar-refractivity contribution in [1.29, 1.82) is 0 Å². The summed E-state index contributed by atoms with van der Waals surface area (Å²) in [6.07, 6.45) is 0.882. The first-order valence-electron chi connectivity index (χ1n) is 13.0. The molecule has 1 N–H and O–H groups in total. The lowest BCUT2D eigenvalue weighted by Crippen LogP contribution is -2.31. The molecule has 1 aliphatic heterocycles. The molecule has 41 heavy (non-hydrogen) atoms. The van der Waals surface area contributed by atoms with E-state index in [4.69, 9.17) is 9.47 Å². The van der Waals surface area contributed by atoms with Crippen LogP contribution in [0.1, 0.15) is 47.1 Å². The van der Waals surface area contributed by atoms with Crippen LogP contribution in [0.2, 0.25) is 0 Å². The number of thiophene rings is 1. The van der Waals surface area contributed by atoms with Gasteiger partial charge in [-0.05, 0) is 47.0 Å². The average Bonchev–Trinajstić information content (AvgIpc) is 3.73. The van der Waals surface area contributed by atoms with E-state index in [0.29, 0.717) is 44.6 Å². The second-order valence-electron chi connectivity index (χ2n) is 9.71. The number of carbonyl (C=O) groups excluding carboxylic acids is 2. The van der Waals surface area contributed by atoms with Gasteiger partial charge >= 0.3 is 0 Å². The number of aromatic nitrogens is 2. The summed E-state index contributed by atoms with van der Waals surface area (Å²) in [5, 5.41) is 21.7. The Bertz CT molecular complexity index is 1550. The first kappa shape index (κ1) is 28.8. The van der Waals surface area contributed by atoms with E-state index in [0.717, 1.165) is 12.0 Å². The molecule has 1 aliphatic rings. The van der Waals surface area contributed by atoms with Gasteiger partial charge in [-0.1, -0.05) is 79.4 Å². The van der Waals surface area contributed by atoms with Crippen LogP contribution in [0.4, 0.5) is 5.13 Å². The lowest BCUT2D eigenvalue weighted by Gasteiger charge is -2.24. The topological polar surface area (TPSA) is 102 Å². The Morgan fingerprint density at radius 2 is 1.90 bits per heavy atom. The van der Waals surface area contributed by atoms with E-state index in [2.05, 4.69) is 24.0 Å². The number of Topliss-reactive ketones (excluding diaryl/α,β-unsaturated/α-hetero) is 1. The van der Waals surface area contributed by atoms with E-state index >= 15 is 0 Å². The van der Waals surface area contributed by atoms with Gasteiger partial charge in [0.2, 0.25) is 10.9 Å². The maximum Gasteiger partial charge on any atom is 0.296 e.